The number of aromatic nitrogens is 1. The van der Waals surface area contributed by atoms with Crippen LogP contribution in [0.3, 0.4) is 0 Å². The molecule has 0 atom stereocenters. The van der Waals surface area contributed by atoms with Crippen LogP contribution in [0.15, 0.2) is 54.6 Å². The van der Waals surface area contributed by atoms with Gasteiger partial charge in [-0.05, 0) is 23.6 Å². The molecular formula is C20H17N2O2. The molecule has 3 aromatic carbocycles. The molecule has 0 unspecified atom stereocenters. The number of methoxy groups -OCH3 is 2. The number of nitrogens with two attached hydrogens (primary N) is 1. The first-order valence-electron chi connectivity index (χ1n) is 7.65. The summed E-state index contributed by atoms with van der Waals surface area (Å²) >= 11 is 0. The number of fused-ring (bicyclic) bond motifs is 3. The van der Waals surface area contributed by atoms with E-state index in [9.17, 15) is 0 Å². The highest BCUT2D eigenvalue weighted by molar-refractivity contribution is 6.09. The van der Waals surface area contributed by atoms with Gasteiger partial charge in [0, 0.05) is 22.9 Å². The van der Waals surface area contributed by atoms with E-state index in [1.807, 2.05) is 47.0 Å². The summed E-state index contributed by atoms with van der Waals surface area (Å²) in [7, 11) is 3.31. The number of benzene rings is 3. The summed E-state index contributed by atoms with van der Waals surface area (Å²) in [5.74, 6) is 1.49. The molecule has 24 heavy (non-hydrogen) atoms. The molecular weight excluding hydrogens is 300 g/mol. The second-order valence-electron chi connectivity index (χ2n) is 5.59. The lowest BCUT2D eigenvalue weighted by Crippen LogP contribution is -1.97. The zero-order valence-electron chi connectivity index (χ0n) is 13.5. The van der Waals surface area contributed by atoms with Gasteiger partial charge in [0.15, 0.2) is 0 Å². The Balaban J connectivity index is 2.03. The van der Waals surface area contributed by atoms with Crippen LogP contribution in [0.5, 0.6) is 11.5 Å². The van der Waals surface area contributed by atoms with Crippen LogP contribution in [-0.4, -0.2) is 18.8 Å². The Morgan fingerprint density at radius 2 is 1.62 bits per heavy atom. The van der Waals surface area contributed by atoms with Crippen LogP contribution in [0, 0.1) is 6.20 Å². The fraction of sp³-hybridized carbons (Fsp3) is 0.100. The van der Waals surface area contributed by atoms with E-state index in [2.05, 4.69) is 18.3 Å². The summed E-state index contributed by atoms with van der Waals surface area (Å²) in [6.45, 7) is 0. The summed E-state index contributed by atoms with van der Waals surface area (Å²) in [5.41, 5.74) is 8.50. The molecule has 4 aromatic rings. The highest BCUT2D eigenvalue weighted by Crippen LogP contribution is 2.35. The predicted molar refractivity (Wildman–Crippen MR) is 97.1 cm³/mol. The molecule has 119 valence electrons. The predicted octanol–water partition coefficient (Wildman–Crippen LogP) is 4.18. The second kappa shape index (κ2) is 5.49. The number of hydrogen-bond donors (Lipinski definition) is 1. The molecule has 1 radical (unpaired) electrons. The van der Waals surface area contributed by atoms with Crippen molar-refractivity contribution in [1.82, 2.24) is 4.57 Å². The molecule has 1 aromatic heterocycles. The van der Waals surface area contributed by atoms with Gasteiger partial charge in [0.1, 0.15) is 11.5 Å². The Morgan fingerprint density at radius 1 is 0.875 bits per heavy atom. The second-order valence-corrected chi connectivity index (χ2v) is 5.59. The van der Waals surface area contributed by atoms with E-state index in [0.29, 0.717) is 11.4 Å². The minimum absolute atomic E-state index is 0.612. The van der Waals surface area contributed by atoms with E-state index in [4.69, 9.17) is 15.2 Å². The summed E-state index contributed by atoms with van der Waals surface area (Å²) in [6.07, 6.45) is 3.31. The molecule has 0 amide bonds. The highest BCUT2D eigenvalue weighted by atomic mass is 16.5. The van der Waals surface area contributed by atoms with Crippen molar-refractivity contribution in [1.29, 1.82) is 0 Å². The molecule has 2 N–H and O–H groups in total. The highest BCUT2D eigenvalue weighted by Gasteiger charge is 2.12. The van der Waals surface area contributed by atoms with E-state index >= 15 is 0 Å². The Kier molecular flexibility index (Phi) is 3.31. The van der Waals surface area contributed by atoms with Gasteiger partial charge < -0.3 is 19.8 Å². The van der Waals surface area contributed by atoms with Crippen molar-refractivity contribution in [3.63, 3.8) is 0 Å². The van der Waals surface area contributed by atoms with Gasteiger partial charge in [-0.2, -0.15) is 0 Å². The Hall–Kier alpha value is -3.14. The lowest BCUT2D eigenvalue weighted by atomic mass is 10.1. The molecule has 0 spiro atoms. The number of anilines is 1. The van der Waals surface area contributed by atoms with Gasteiger partial charge in [-0.3, -0.25) is 0 Å². The maximum Gasteiger partial charge on any atom is 0.143 e. The summed E-state index contributed by atoms with van der Waals surface area (Å²) in [4.78, 5) is 0. The Bertz CT molecular complexity index is 1050. The van der Waals surface area contributed by atoms with E-state index in [0.717, 1.165) is 33.1 Å². The largest absolute Gasteiger partial charge is 0.496 e. The summed E-state index contributed by atoms with van der Waals surface area (Å²) in [6, 6.07) is 18.0. The van der Waals surface area contributed by atoms with Gasteiger partial charge in [0.05, 0.1) is 37.3 Å². The van der Waals surface area contributed by atoms with E-state index in [1.54, 1.807) is 14.2 Å². The van der Waals surface area contributed by atoms with Gasteiger partial charge in [0.25, 0.3) is 0 Å². The van der Waals surface area contributed by atoms with Crippen LogP contribution < -0.4 is 15.2 Å². The minimum Gasteiger partial charge on any atom is -0.496 e. The third-order valence-electron chi connectivity index (χ3n) is 4.30. The number of rotatable bonds is 3. The van der Waals surface area contributed by atoms with Gasteiger partial charge >= 0.3 is 0 Å². The lowest BCUT2D eigenvalue weighted by molar-refractivity contribution is 0.417. The van der Waals surface area contributed by atoms with Crippen molar-refractivity contribution >= 4 is 27.4 Å². The van der Waals surface area contributed by atoms with Crippen molar-refractivity contribution in [2.24, 2.45) is 0 Å². The Morgan fingerprint density at radius 3 is 2.38 bits per heavy atom. The third kappa shape index (κ3) is 2.07. The molecule has 4 rings (SSSR count). The van der Waals surface area contributed by atoms with E-state index in [-0.39, 0.29) is 0 Å². The van der Waals surface area contributed by atoms with E-state index in [1.165, 1.54) is 0 Å². The number of nitrogens with zero attached hydrogens (tertiary/aromatic N) is 1. The minimum atomic E-state index is 0.612. The maximum atomic E-state index is 5.92. The zero-order chi connectivity index (χ0) is 16.7. The van der Waals surface area contributed by atoms with Gasteiger partial charge in [-0.25, -0.2) is 0 Å². The number of ether oxygens (including phenoxy) is 2. The molecule has 4 heteroatoms. The third-order valence-corrected chi connectivity index (χ3v) is 4.30. The first-order valence-corrected chi connectivity index (χ1v) is 7.65. The molecule has 0 bridgehead atoms. The quantitative estimate of drug-likeness (QED) is 0.577. The van der Waals surface area contributed by atoms with Crippen LogP contribution in [0.2, 0.25) is 0 Å². The topological polar surface area (TPSA) is 49.4 Å². The first-order chi connectivity index (χ1) is 11.7. The number of nitrogen functional groups attached to an aromatic ring is 1. The standard InChI is InChI=1S/C20H17N2O2/c1-23-19-12-18-15(14-5-3-4-6-16(14)19)9-10-22(18)13-7-8-17(21)20(11-13)24-2/h3-9,11-12H,21H2,1-2H3. The van der Waals surface area contributed by atoms with Gasteiger partial charge in [-0.1, -0.05) is 24.3 Å². The van der Waals surface area contributed by atoms with Crippen LogP contribution in [-0.2, 0) is 0 Å². The SMILES string of the molecule is COc1cc(-n2[c]cc3c4ccccc4c(OC)cc32)ccc1N. The van der Waals surface area contributed by atoms with Crippen molar-refractivity contribution in [3.8, 4) is 17.2 Å². The molecule has 4 nitrogen and oxygen atoms in total. The number of hydrogen-bond acceptors (Lipinski definition) is 3. The monoisotopic (exact) mass is 317 g/mol. The van der Waals surface area contributed by atoms with Crippen LogP contribution in [0.1, 0.15) is 0 Å². The van der Waals surface area contributed by atoms with Crippen LogP contribution >= 0.6 is 0 Å². The fourth-order valence-electron chi connectivity index (χ4n) is 3.11. The van der Waals surface area contributed by atoms with Crippen LogP contribution in [0.25, 0.3) is 27.4 Å². The van der Waals surface area contributed by atoms with Gasteiger partial charge in [0.2, 0.25) is 0 Å². The first kappa shape index (κ1) is 14.5. The van der Waals surface area contributed by atoms with Crippen LogP contribution in [0.4, 0.5) is 5.69 Å². The molecule has 0 aliphatic carbocycles. The maximum absolute atomic E-state index is 5.92. The normalized spacial score (nSPS) is 11.1. The lowest BCUT2D eigenvalue weighted by Gasteiger charge is -2.11. The molecule has 1 heterocycles. The van der Waals surface area contributed by atoms with Gasteiger partial charge in [-0.15, -0.1) is 0 Å². The molecule has 0 fully saturated rings. The fourth-order valence-corrected chi connectivity index (χ4v) is 3.11. The van der Waals surface area contributed by atoms with Crippen molar-refractivity contribution < 1.29 is 9.47 Å². The van der Waals surface area contributed by atoms with Crippen molar-refractivity contribution in [2.75, 3.05) is 20.0 Å². The summed E-state index contributed by atoms with van der Waals surface area (Å²) < 4.78 is 12.9. The molecule has 0 saturated carbocycles. The van der Waals surface area contributed by atoms with E-state index < -0.39 is 0 Å². The molecule has 0 saturated heterocycles. The smallest absolute Gasteiger partial charge is 0.143 e. The van der Waals surface area contributed by atoms with Crippen molar-refractivity contribution in [3.05, 3.63) is 60.8 Å². The average molecular weight is 317 g/mol. The zero-order valence-corrected chi connectivity index (χ0v) is 13.5. The Labute approximate surface area is 140 Å². The van der Waals surface area contributed by atoms with Crippen molar-refractivity contribution in [2.45, 2.75) is 0 Å². The summed E-state index contributed by atoms with van der Waals surface area (Å²) in [5, 5.41) is 3.36. The molecule has 0 aliphatic rings. The average Bonchev–Trinajstić information content (AvgIpc) is 3.05. The molecule has 0 aliphatic heterocycles.